The second kappa shape index (κ2) is 15.9. The molecule has 3 aromatic rings. The van der Waals surface area contributed by atoms with Gasteiger partial charge < -0.3 is 4.74 Å². The molecule has 4 heteroatoms. The van der Waals surface area contributed by atoms with Crippen LogP contribution in [-0.4, -0.2) is 18.7 Å². The highest BCUT2D eigenvalue weighted by atomic mass is 16.5. The van der Waals surface area contributed by atoms with Crippen molar-refractivity contribution >= 4 is 24.3 Å². The summed E-state index contributed by atoms with van der Waals surface area (Å²) in [6, 6.07) is 23.7. The average molecular weight is 475 g/mol. The van der Waals surface area contributed by atoms with Crippen LogP contribution in [-0.2, 0) is 19.1 Å². The third-order valence-corrected chi connectivity index (χ3v) is 4.67. The summed E-state index contributed by atoms with van der Waals surface area (Å²) in [7, 11) is 0. The van der Waals surface area contributed by atoms with E-state index in [0.29, 0.717) is 6.61 Å². The van der Waals surface area contributed by atoms with Gasteiger partial charge in [-0.3, -0.25) is 0 Å². The van der Waals surface area contributed by atoms with Crippen LogP contribution >= 0.6 is 0 Å². The van der Waals surface area contributed by atoms with Crippen molar-refractivity contribution in [3.63, 3.8) is 0 Å². The van der Waals surface area contributed by atoms with E-state index in [4.69, 9.17) is 14.3 Å². The van der Waals surface area contributed by atoms with Crippen molar-refractivity contribution < 1.29 is 19.1 Å². The monoisotopic (exact) mass is 474 g/mol. The second-order valence-corrected chi connectivity index (χ2v) is 7.24. The van der Waals surface area contributed by atoms with E-state index in [1.54, 1.807) is 13.0 Å². The molecule has 0 saturated heterocycles. The minimum absolute atomic E-state index is 0.250. The van der Waals surface area contributed by atoms with E-state index < -0.39 is 0 Å². The maximum Gasteiger partial charge on any atom is 0.373 e. The van der Waals surface area contributed by atoms with Crippen LogP contribution in [0, 0.1) is 23.7 Å². The van der Waals surface area contributed by atoms with Gasteiger partial charge in [0.15, 0.2) is 0 Å². The lowest BCUT2D eigenvalue weighted by Gasteiger charge is -2.06. The third kappa shape index (κ3) is 9.54. The van der Waals surface area contributed by atoms with Gasteiger partial charge in [-0.25, -0.2) is 4.79 Å². The number of carbonyl (C=O) groups is 1. The molecule has 0 N–H and O–H groups in total. The number of rotatable bonds is 5. The summed E-state index contributed by atoms with van der Waals surface area (Å²) in [6.07, 6.45) is 8.52. The fraction of sp³-hybridized carbons (Fsp3) is 0.125. The van der Waals surface area contributed by atoms with E-state index in [2.05, 4.69) is 42.8 Å². The Morgan fingerprint density at radius 1 is 0.750 bits per heavy atom. The van der Waals surface area contributed by atoms with Crippen molar-refractivity contribution in [2.75, 3.05) is 6.61 Å². The van der Waals surface area contributed by atoms with Gasteiger partial charge in [0.05, 0.1) is 6.61 Å². The first-order chi connectivity index (χ1) is 17.6. The molecule has 0 radical (unpaired) electrons. The van der Waals surface area contributed by atoms with Crippen LogP contribution in [0.25, 0.3) is 12.2 Å². The molecule has 0 atom stereocenters. The molecule has 3 rings (SSSR count). The van der Waals surface area contributed by atoms with Gasteiger partial charge in [0.25, 0.3) is 0 Å². The largest absolute Gasteiger partial charge is 0.463 e. The summed E-state index contributed by atoms with van der Waals surface area (Å²) in [5.74, 6) is 12.6. The fourth-order valence-electron chi connectivity index (χ4n) is 3.04. The molecule has 0 aromatic heterocycles. The lowest BCUT2D eigenvalue weighted by atomic mass is 9.97. The Labute approximate surface area is 212 Å². The van der Waals surface area contributed by atoms with Gasteiger partial charge in [-0.2, -0.15) is 9.59 Å². The second-order valence-electron chi connectivity index (χ2n) is 7.24. The SMILES string of the molecule is CC/C=C/c1cc(C#Cc2ccccc2)c(/C=C/C(=O)OCC)cc1C#Cc1ccccc1.O=C=O. The highest BCUT2D eigenvalue weighted by Gasteiger charge is 2.06. The van der Waals surface area contributed by atoms with Crippen LogP contribution in [0.4, 0.5) is 0 Å². The lowest BCUT2D eigenvalue weighted by Crippen LogP contribution is -1.99. The summed E-state index contributed by atoms with van der Waals surface area (Å²) in [6.45, 7) is 4.21. The number of hydrogen-bond acceptors (Lipinski definition) is 4. The van der Waals surface area contributed by atoms with Crippen molar-refractivity contribution in [1.29, 1.82) is 0 Å². The minimum atomic E-state index is -0.383. The number of benzene rings is 3. The van der Waals surface area contributed by atoms with Gasteiger partial charge in [0.1, 0.15) is 0 Å². The molecular formula is C32H26O4. The summed E-state index contributed by atoms with van der Waals surface area (Å²) in [4.78, 5) is 28.2. The molecule has 3 aromatic carbocycles. The molecule has 0 aliphatic rings. The zero-order valence-electron chi connectivity index (χ0n) is 20.3. The molecule has 0 bridgehead atoms. The normalized spacial score (nSPS) is 9.72. The molecule has 178 valence electrons. The molecule has 0 fully saturated rings. The summed E-state index contributed by atoms with van der Waals surface area (Å²) in [5.41, 5.74) is 5.37. The minimum Gasteiger partial charge on any atom is -0.463 e. The number of carbonyl (C=O) groups excluding carboxylic acids is 3. The zero-order chi connectivity index (χ0) is 26.0. The maximum absolute atomic E-state index is 11.9. The van der Waals surface area contributed by atoms with Crippen LogP contribution in [0.5, 0.6) is 0 Å². The highest BCUT2D eigenvalue weighted by Crippen LogP contribution is 2.20. The maximum atomic E-state index is 11.9. The van der Waals surface area contributed by atoms with Crippen molar-refractivity contribution in [2.24, 2.45) is 0 Å². The Balaban J connectivity index is 0.00000145. The Morgan fingerprint density at radius 3 is 1.67 bits per heavy atom. The number of allylic oxidation sites excluding steroid dienone is 1. The number of esters is 1. The predicted molar refractivity (Wildman–Crippen MR) is 141 cm³/mol. The predicted octanol–water partition coefficient (Wildman–Crippen LogP) is 5.90. The number of ether oxygens (including phenoxy) is 1. The standard InChI is InChI=1S/C31H26O2.CO2/c1-3-5-16-27-23-29(20-18-26-14-10-7-11-15-26)30(21-22-31(32)33-4-2)24-28(27)19-17-25-12-8-6-9-13-25;2-1-3/h5-16,21-24H,3-4H2,1-2H3;/b16-5+,22-21+;. The molecule has 0 amide bonds. The molecule has 0 saturated carbocycles. The van der Waals surface area contributed by atoms with Crippen LogP contribution in [0.1, 0.15) is 53.6 Å². The first-order valence-corrected chi connectivity index (χ1v) is 11.4. The van der Waals surface area contributed by atoms with Gasteiger partial charge in [0, 0.05) is 28.3 Å². The first kappa shape index (κ1) is 27.4. The zero-order valence-corrected chi connectivity index (χ0v) is 20.3. The molecule has 0 heterocycles. The molecule has 36 heavy (non-hydrogen) atoms. The Hall–Kier alpha value is -4.89. The van der Waals surface area contributed by atoms with Crippen LogP contribution in [0.3, 0.4) is 0 Å². The molecule has 0 aliphatic heterocycles. The van der Waals surface area contributed by atoms with E-state index in [9.17, 15) is 4.79 Å². The van der Waals surface area contributed by atoms with Crippen molar-refractivity contribution in [3.8, 4) is 23.7 Å². The molecule has 4 nitrogen and oxygen atoms in total. The summed E-state index contributed by atoms with van der Waals surface area (Å²) < 4.78 is 5.04. The van der Waals surface area contributed by atoms with Gasteiger partial charge in [0.2, 0.25) is 0 Å². The number of hydrogen-bond donors (Lipinski definition) is 0. The van der Waals surface area contributed by atoms with E-state index in [-0.39, 0.29) is 12.1 Å². The smallest absolute Gasteiger partial charge is 0.373 e. The Morgan fingerprint density at radius 2 is 1.22 bits per heavy atom. The van der Waals surface area contributed by atoms with Crippen molar-refractivity contribution in [1.82, 2.24) is 0 Å². The van der Waals surface area contributed by atoms with E-state index in [1.807, 2.05) is 72.8 Å². The third-order valence-electron chi connectivity index (χ3n) is 4.67. The summed E-state index contributed by atoms with van der Waals surface area (Å²) >= 11 is 0. The summed E-state index contributed by atoms with van der Waals surface area (Å²) in [5, 5.41) is 0. The Kier molecular flexibility index (Phi) is 12.1. The quantitative estimate of drug-likeness (QED) is 0.262. The van der Waals surface area contributed by atoms with E-state index in [1.165, 1.54) is 6.08 Å². The topological polar surface area (TPSA) is 60.4 Å². The van der Waals surface area contributed by atoms with E-state index in [0.717, 1.165) is 39.8 Å². The molecular weight excluding hydrogens is 448 g/mol. The van der Waals surface area contributed by atoms with Gasteiger partial charge in [-0.15, -0.1) is 0 Å². The van der Waals surface area contributed by atoms with Crippen molar-refractivity contribution in [3.05, 3.63) is 118 Å². The van der Waals surface area contributed by atoms with Crippen LogP contribution in [0.2, 0.25) is 0 Å². The van der Waals surface area contributed by atoms with Gasteiger partial charge >= 0.3 is 12.1 Å². The fourth-order valence-corrected chi connectivity index (χ4v) is 3.04. The van der Waals surface area contributed by atoms with Crippen LogP contribution in [0.15, 0.2) is 84.9 Å². The molecule has 0 aliphatic carbocycles. The van der Waals surface area contributed by atoms with Gasteiger partial charge in [-0.05, 0) is 66.9 Å². The first-order valence-electron chi connectivity index (χ1n) is 11.4. The molecule has 0 unspecified atom stereocenters. The highest BCUT2D eigenvalue weighted by molar-refractivity contribution is 5.88. The van der Waals surface area contributed by atoms with Crippen LogP contribution < -0.4 is 0 Å². The average Bonchev–Trinajstić information content (AvgIpc) is 2.90. The Bertz CT molecular complexity index is 1350. The molecule has 0 spiro atoms. The van der Waals surface area contributed by atoms with Crippen molar-refractivity contribution in [2.45, 2.75) is 20.3 Å². The van der Waals surface area contributed by atoms with Gasteiger partial charge in [-0.1, -0.05) is 79.2 Å². The lowest BCUT2D eigenvalue weighted by molar-refractivity contribution is -0.191. The van der Waals surface area contributed by atoms with E-state index >= 15 is 0 Å².